The molecule has 4 aromatic rings. The number of amides is 1. The molecular formula is C29H36ClN7O2. The highest BCUT2D eigenvalue weighted by Gasteiger charge is 2.28. The van der Waals surface area contributed by atoms with Crippen molar-refractivity contribution in [2.75, 3.05) is 12.8 Å². The molecule has 1 saturated carbocycles. The largest absolute Gasteiger partial charge is 0.457 e. The third-order valence-electron chi connectivity index (χ3n) is 7.26. The van der Waals surface area contributed by atoms with Gasteiger partial charge in [-0.15, -0.1) is 12.4 Å². The first-order valence-corrected chi connectivity index (χ1v) is 13.4. The molecule has 2 aromatic heterocycles. The van der Waals surface area contributed by atoms with Crippen LogP contribution < -0.4 is 21.1 Å². The summed E-state index contributed by atoms with van der Waals surface area (Å²) in [6, 6.07) is 17.7. The Labute approximate surface area is 235 Å². The van der Waals surface area contributed by atoms with Crippen molar-refractivity contribution < 1.29 is 9.53 Å². The average Bonchev–Trinajstić information content (AvgIpc) is 3.34. The predicted molar refractivity (Wildman–Crippen MR) is 156 cm³/mol. The van der Waals surface area contributed by atoms with Crippen LogP contribution in [0.25, 0.3) is 22.3 Å². The quantitative estimate of drug-likeness (QED) is 0.260. The lowest BCUT2D eigenvalue weighted by molar-refractivity contribution is -0.124. The van der Waals surface area contributed by atoms with Crippen molar-refractivity contribution in [1.29, 1.82) is 0 Å². The highest BCUT2D eigenvalue weighted by atomic mass is 35.5. The summed E-state index contributed by atoms with van der Waals surface area (Å²) in [7, 11) is 1.84. The van der Waals surface area contributed by atoms with Gasteiger partial charge in [0.1, 0.15) is 29.3 Å². The summed E-state index contributed by atoms with van der Waals surface area (Å²) in [6.07, 6.45) is 6.87. The number of likely N-dealkylation sites (N-methyl/N-ethyl adjacent to an activating group) is 1. The smallest absolute Gasteiger partial charge is 0.237 e. The summed E-state index contributed by atoms with van der Waals surface area (Å²) >= 11 is 0. The van der Waals surface area contributed by atoms with Crippen LogP contribution in [0.4, 0.5) is 5.82 Å². The zero-order valence-electron chi connectivity index (χ0n) is 22.3. The number of carbonyl (C=O) groups is 1. The lowest BCUT2D eigenvalue weighted by Crippen LogP contribution is -2.47. The number of hydrogen-bond acceptors (Lipinski definition) is 7. The fourth-order valence-electron chi connectivity index (χ4n) is 5.22. The first-order chi connectivity index (χ1) is 18.6. The highest BCUT2D eigenvalue weighted by molar-refractivity contribution is 5.98. The number of nitrogens with two attached hydrogens (primary N) is 1. The molecule has 4 N–H and O–H groups in total. The van der Waals surface area contributed by atoms with Gasteiger partial charge in [-0.3, -0.25) is 4.79 Å². The molecule has 0 radical (unpaired) electrons. The summed E-state index contributed by atoms with van der Waals surface area (Å²) in [5.74, 6) is 2.03. The number of fused-ring (bicyclic) bond motifs is 1. The summed E-state index contributed by atoms with van der Waals surface area (Å²) in [4.78, 5) is 21.5. The monoisotopic (exact) mass is 549 g/mol. The maximum Gasteiger partial charge on any atom is 0.237 e. The van der Waals surface area contributed by atoms with Gasteiger partial charge in [-0.05, 0) is 75.5 Å². The van der Waals surface area contributed by atoms with Crippen LogP contribution in [0.2, 0.25) is 0 Å². The third kappa shape index (κ3) is 6.32. The van der Waals surface area contributed by atoms with Gasteiger partial charge >= 0.3 is 0 Å². The Hall–Kier alpha value is -3.69. The minimum Gasteiger partial charge on any atom is -0.457 e. The minimum atomic E-state index is -0.139. The highest BCUT2D eigenvalue weighted by Crippen LogP contribution is 2.36. The molecule has 1 amide bonds. The first kappa shape index (κ1) is 28.3. The molecule has 1 aliphatic carbocycles. The van der Waals surface area contributed by atoms with Gasteiger partial charge in [0.2, 0.25) is 5.91 Å². The van der Waals surface area contributed by atoms with Crippen molar-refractivity contribution in [1.82, 2.24) is 30.4 Å². The van der Waals surface area contributed by atoms with Gasteiger partial charge in [-0.25, -0.2) is 14.6 Å². The van der Waals surface area contributed by atoms with Crippen LogP contribution in [0.3, 0.4) is 0 Å². The summed E-state index contributed by atoms with van der Waals surface area (Å²) in [5.41, 5.74) is 8.75. The molecule has 1 fully saturated rings. The van der Waals surface area contributed by atoms with Gasteiger partial charge in [0.25, 0.3) is 0 Å². The van der Waals surface area contributed by atoms with Crippen LogP contribution in [0.1, 0.15) is 51.5 Å². The van der Waals surface area contributed by atoms with E-state index in [1.807, 2.05) is 66.3 Å². The van der Waals surface area contributed by atoms with Crippen molar-refractivity contribution >= 4 is 35.2 Å². The number of ether oxygens (including phenoxy) is 1. The number of anilines is 1. The van der Waals surface area contributed by atoms with E-state index < -0.39 is 0 Å². The molecule has 0 unspecified atom stereocenters. The van der Waals surface area contributed by atoms with Crippen LogP contribution in [0, 0.1) is 0 Å². The number of carbonyl (C=O) groups excluding carboxylic acids is 1. The molecule has 10 heteroatoms. The van der Waals surface area contributed by atoms with Gasteiger partial charge in [0, 0.05) is 11.6 Å². The maximum absolute atomic E-state index is 12.7. The van der Waals surface area contributed by atoms with E-state index in [1.54, 1.807) is 0 Å². The number of benzene rings is 2. The van der Waals surface area contributed by atoms with E-state index in [2.05, 4.69) is 27.5 Å². The second-order valence-electron chi connectivity index (χ2n) is 9.83. The molecule has 2 aromatic carbocycles. The Balaban J connectivity index is 0.00000353. The van der Waals surface area contributed by atoms with Gasteiger partial charge in [-0.1, -0.05) is 31.5 Å². The van der Waals surface area contributed by atoms with Crippen LogP contribution >= 0.6 is 12.4 Å². The Morgan fingerprint density at radius 2 is 1.74 bits per heavy atom. The van der Waals surface area contributed by atoms with Gasteiger partial charge < -0.3 is 21.1 Å². The van der Waals surface area contributed by atoms with Crippen molar-refractivity contribution in [3.8, 4) is 22.8 Å². The molecule has 39 heavy (non-hydrogen) atoms. The Kier molecular flexibility index (Phi) is 9.37. The molecule has 1 atom stereocenters. The number of halogens is 1. The second-order valence-corrected chi connectivity index (χ2v) is 9.83. The summed E-state index contributed by atoms with van der Waals surface area (Å²) < 4.78 is 7.95. The fraction of sp³-hybridized carbons (Fsp3) is 0.379. The van der Waals surface area contributed by atoms with Crippen molar-refractivity contribution in [2.45, 2.75) is 63.6 Å². The molecule has 0 bridgehead atoms. The number of hydrogen-bond donors (Lipinski definition) is 3. The van der Waals surface area contributed by atoms with Gasteiger partial charge in [-0.2, -0.15) is 5.10 Å². The van der Waals surface area contributed by atoms with Gasteiger partial charge in [0.05, 0.1) is 17.5 Å². The number of rotatable bonds is 9. The van der Waals surface area contributed by atoms with E-state index in [-0.39, 0.29) is 36.4 Å². The van der Waals surface area contributed by atoms with E-state index in [0.717, 1.165) is 72.3 Å². The van der Waals surface area contributed by atoms with E-state index in [4.69, 9.17) is 15.6 Å². The normalized spacial score (nSPS) is 17.8. The second kappa shape index (κ2) is 12.9. The van der Waals surface area contributed by atoms with E-state index in [1.165, 1.54) is 6.33 Å². The Bertz CT molecular complexity index is 1370. The van der Waals surface area contributed by atoms with Crippen LogP contribution in [0.5, 0.6) is 11.5 Å². The first-order valence-electron chi connectivity index (χ1n) is 13.4. The Morgan fingerprint density at radius 1 is 1.05 bits per heavy atom. The van der Waals surface area contributed by atoms with Crippen LogP contribution in [-0.2, 0) is 4.79 Å². The minimum absolute atomic E-state index is 0. The average molecular weight is 550 g/mol. The molecular weight excluding hydrogens is 514 g/mol. The van der Waals surface area contributed by atoms with Crippen molar-refractivity contribution in [2.24, 2.45) is 0 Å². The lowest BCUT2D eigenvalue weighted by atomic mass is 9.91. The molecule has 0 spiro atoms. The van der Waals surface area contributed by atoms with Crippen LogP contribution in [0.15, 0.2) is 60.9 Å². The molecule has 0 saturated heterocycles. The molecule has 9 nitrogen and oxygen atoms in total. The standard InChI is InChI=1S/C29H35N7O2.ClH/c1-3-7-24(31-2)29(37)34-20-12-14-21(15-13-20)36-28-25(27(30)32-18-33-28)26(35-36)19-10-16-23(17-11-19)38-22-8-5-4-6-9-22;/h4-6,8-11,16-18,20-21,24,31H,3,7,12-15H2,1-2H3,(H,34,37)(H2,30,32,33);1H/t20?,21?,24-;/m1./s1. The summed E-state index contributed by atoms with van der Waals surface area (Å²) in [5, 5.41) is 12.1. The molecule has 1 aliphatic rings. The topological polar surface area (TPSA) is 120 Å². The predicted octanol–water partition coefficient (Wildman–Crippen LogP) is 5.28. The van der Waals surface area contributed by atoms with Gasteiger partial charge in [0.15, 0.2) is 5.65 Å². The number of nitrogen functional groups attached to an aromatic ring is 1. The van der Waals surface area contributed by atoms with E-state index >= 15 is 0 Å². The number of nitrogens with zero attached hydrogens (tertiary/aromatic N) is 4. The van der Waals surface area contributed by atoms with Crippen molar-refractivity contribution in [3.05, 3.63) is 60.9 Å². The number of aromatic nitrogens is 4. The number of nitrogens with one attached hydrogen (secondary N) is 2. The molecule has 2 heterocycles. The van der Waals surface area contributed by atoms with Crippen molar-refractivity contribution in [3.63, 3.8) is 0 Å². The maximum atomic E-state index is 12.7. The Morgan fingerprint density at radius 3 is 2.41 bits per heavy atom. The summed E-state index contributed by atoms with van der Waals surface area (Å²) in [6.45, 7) is 2.09. The SMILES string of the molecule is CCC[C@@H](NC)C(=O)NC1CCC(n2nc(-c3ccc(Oc4ccccc4)cc3)c3c(N)ncnc32)CC1.Cl. The number of para-hydroxylation sites is 1. The van der Waals surface area contributed by atoms with Crippen LogP contribution in [-0.4, -0.2) is 44.8 Å². The third-order valence-corrected chi connectivity index (χ3v) is 7.26. The molecule has 5 rings (SSSR count). The van der Waals surface area contributed by atoms with E-state index in [0.29, 0.717) is 5.82 Å². The lowest BCUT2D eigenvalue weighted by Gasteiger charge is -2.30. The fourth-order valence-corrected chi connectivity index (χ4v) is 5.22. The zero-order valence-corrected chi connectivity index (χ0v) is 23.2. The van der Waals surface area contributed by atoms with E-state index in [9.17, 15) is 4.79 Å². The molecule has 206 valence electrons. The molecule has 0 aliphatic heterocycles. The zero-order chi connectivity index (χ0) is 26.5.